The molecule has 1 spiro atoms. The zero-order valence-electron chi connectivity index (χ0n) is 25.3. The standard InChI is InChI=1S/C33H57N3O3/c1-28(37)32(3)23-19-15-11-7-5-9-13-17-21-25-33(30(39)27-35-32)24-20-16-12-8-4-6-10-14-18-22-31(2,34)29(38)26-36-33/h8-9,12-13,35-36H,4-7,10-11,14-27,34H2,1-3H3/b12-8-,13-9-/t31-,32+,33?/m1/s1. The van der Waals surface area contributed by atoms with Crippen LogP contribution in [0.5, 0.6) is 0 Å². The van der Waals surface area contributed by atoms with Crippen LogP contribution in [0.3, 0.4) is 0 Å². The van der Waals surface area contributed by atoms with E-state index in [4.69, 9.17) is 5.73 Å². The Balaban J connectivity index is 2.33. The minimum absolute atomic E-state index is 0.0322. The minimum Gasteiger partial charge on any atom is -0.319 e. The smallest absolute Gasteiger partial charge is 0.166 e. The van der Waals surface area contributed by atoms with Crippen molar-refractivity contribution >= 4 is 17.3 Å². The number of nitrogens with one attached hydrogen (secondary N) is 2. The van der Waals surface area contributed by atoms with Crippen LogP contribution in [0.4, 0.5) is 0 Å². The van der Waals surface area contributed by atoms with Crippen LogP contribution in [-0.2, 0) is 14.4 Å². The van der Waals surface area contributed by atoms with Gasteiger partial charge in [0.25, 0.3) is 0 Å². The molecular formula is C33H57N3O3. The summed E-state index contributed by atoms with van der Waals surface area (Å²) in [6.07, 6.45) is 26.1. The predicted octanol–water partition coefficient (Wildman–Crippen LogP) is 6.27. The molecule has 1 unspecified atom stereocenters. The molecule has 2 heterocycles. The van der Waals surface area contributed by atoms with E-state index in [1.807, 2.05) is 13.8 Å². The number of rotatable bonds is 1. The van der Waals surface area contributed by atoms with E-state index >= 15 is 0 Å². The predicted molar refractivity (Wildman–Crippen MR) is 162 cm³/mol. The summed E-state index contributed by atoms with van der Waals surface area (Å²) in [6.45, 7) is 5.59. The van der Waals surface area contributed by atoms with E-state index in [-0.39, 0.29) is 30.4 Å². The number of hydrogen-bond acceptors (Lipinski definition) is 6. The lowest BCUT2D eigenvalue weighted by atomic mass is 9.81. The van der Waals surface area contributed by atoms with Gasteiger partial charge in [0.1, 0.15) is 5.78 Å². The molecule has 0 radical (unpaired) electrons. The fourth-order valence-corrected chi connectivity index (χ4v) is 5.82. The molecule has 0 aliphatic carbocycles. The lowest BCUT2D eigenvalue weighted by molar-refractivity contribution is -0.128. The SMILES string of the molecule is CC(=O)[C@]1(C)CCCCCC/C=C\CCCC2(CCC/C=C\CCCCCC[C@@](C)(N)C(=O)CN2)C(=O)CN1. The van der Waals surface area contributed by atoms with Gasteiger partial charge in [-0.15, -0.1) is 0 Å². The molecular weight excluding hydrogens is 486 g/mol. The van der Waals surface area contributed by atoms with Crippen molar-refractivity contribution in [2.45, 2.75) is 153 Å². The van der Waals surface area contributed by atoms with Crippen LogP contribution in [0.2, 0.25) is 0 Å². The quantitative estimate of drug-likeness (QED) is 0.337. The monoisotopic (exact) mass is 543 g/mol. The molecule has 0 amide bonds. The fourth-order valence-electron chi connectivity index (χ4n) is 5.82. The van der Waals surface area contributed by atoms with E-state index in [2.05, 4.69) is 34.9 Å². The summed E-state index contributed by atoms with van der Waals surface area (Å²) in [6, 6.07) is 0. The van der Waals surface area contributed by atoms with E-state index < -0.39 is 16.6 Å². The van der Waals surface area contributed by atoms with Crippen molar-refractivity contribution in [2.75, 3.05) is 13.1 Å². The van der Waals surface area contributed by atoms with Crippen LogP contribution >= 0.6 is 0 Å². The number of allylic oxidation sites excluding steroid dienone is 4. The Morgan fingerprint density at radius 2 is 1.10 bits per heavy atom. The topological polar surface area (TPSA) is 101 Å². The summed E-state index contributed by atoms with van der Waals surface area (Å²) in [4.78, 5) is 40.0. The maximum Gasteiger partial charge on any atom is 0.166 e. The van der Waals surface area contributed by atoms with Gasteiger partial charge >= 0.3 is 0 Å². The normalized spacial score (nSPS) is 34.4. The van der Waals surface area contributed by atoms with Crippen LogP contribution in [-0.4, -0.2) is 47.1 Å². The van der Waals surface area contributed by atoms with Crippen molar-refractivity contribution < 1.29 is 14.4 Å². The van der Waals surface area contributed by atoms with Gasteiger partial charge in [-0.05, 0) is 97.8 Å². The van der Waals surface area contributed by atoms with Gasteiger partial charge in [0.15, 0.2) is 11.6 Å². The molecule has 0 bridgehead atoms. The Morgan fingerprint density at radius 1 is 0.641 bits per heavy atom. The molecule has 222 valence electrons. The molecule has 0 aromatic heterocycles. The highest BCUT2D eigenvalue weighted by Crippen LogP contribution is 2.26. The van der Waals surface area contributed by atoms with E-state index in [0.29, 0.717) is 19.3 Å². The third-order valence-corrected chi connectivity index (χ3v) is 9.07. The Labute approximate surface area is 238 Å². The second kappa shape index (κ2) is 17.2. The Bertz CT molecular complexity index is 826. The third-order valence-electron chi connectivity index (χ3n) is 9.07. The van der Waals surface area contributed by atoms with Crippen molar-refractivity contribution in [1.29, 1.82) is 0 Å². The Kier molecular flexibility index (Phi) is 14.8. The summed E-state index contributed by atoms with van der Waals surface area (Å²) in [5, 5.41) is 6.85. The van der Waals surface area contributed by atoms with Gasteiger partial charge < -0.3 is 5.73 Å². The molecule has 0 fully saturated rings. The van der Waals surface area contributed by atoms with Gasteiger partial charge in [-0.25, -0.2) is 0 Å². The van der Waals surface area contributed by atoms with E-state index in [0.717, 1.165) is 96.3 Å². The largest absolute Gasteiger partial charge is 0.319 e. The Hall–Kier alpha value is -1.63. The number of carbonyl (C=O) groups is 3. The lowest BCUT2D eigenvalue weighted by Crippen LogP contribution is -2.61. The number of ketones is 3. The zero-order chi connectivity index (χ0) is 28.6. The van der Waals surface area contributed by atoms with Gasteiger partial charge in [-0.3, -0.25) is 25.0 Å². The highest BCUT2D eigenvalue weighted by atomic mass is 16.1. The highest BCUT2D eigenvalue weighted by Gasteiger charge is 2.40. The van der Waals surface area contributed by atoms with Crippen LogP contribution in [0, 0.1) is 0 Å². The maximum absolute atomic E-state index is 14.1. The average Bonchev–Trinajstić information content (AvgIpc) is 2.90. The molecule has 0 saturated heterocycles. The zero-order valence-corrected chi connectivity index (χ0v) is 25.3. The molecule has 2 aliphatic heterocycles. The average molecular weight is 544 g/mol. The van der Waals surface area contributed by atoms with E-state index in [9.17, 15) is 14.4 Å². The van der Waals surface area contributed by atoms with Crippen molar-refractivity contribution in [2.24, 2.45) is 5.73 Å². The Morgan fingerprint density at radius 3 is 1.64 bits per heavy atom. The van der Waals surface area contributed by atoms with Crippen molar-refractivity contribution in [3.05, 3.63) is 24.3 Å². The van der Waals surface area contributed by atoms with Crippen LogP contribution in [0.15, 0.2) is 24.3 Å². The number of Topliss-reactive ketones (excluding diaryl/α,β-unsaturated/α-hetero) is 3. The molecule has 4 N–H and O–H groups in total. The summed E-state index contributed by atoms with van der Waals surface area (Å²) in [5.41, 5.74) is 4.05. The number of nitrogens with two attached hydrogens (primary N) is 1. The number of hydrogen-bond donors (Lipinski definition) is 3. The maximum atomic E-state index is 14.1. The second-order valence-electron chi connectivity index (χ2n) is 12.6. The van der Waals surface area contributed by atoms with Gasteiger partial charge in [0.2, 0.25) is 0 Å². The molecule has 0 aromatic rings. The van der Waals surface area contributed by atoms with Gasteiger partial charge in [0.05, 0.1) is 29.7 Å². The summed E-state index contributed by atoms with van der Waals surface area (Å²) in [5.74, 6) is 0.0801. The first-order valence-electron chi connectivity index (χ1n) is 15.8. The molecule has 2 rings (SSSR count). The molecule has 6 heteroatoms. The molecule has 6 nitrogen and oxygen atoms in total. The summed E-state index contributed by atoms with van der Waals surface area (Å²) in [7, 11) is 0. The molecule has 0 aromatic carbocycles. The molecule has 2 aliphatic rings. The first kappa shape index (κ1) is 33.6. The van der Waals surface area contributed by atoms with Gasteiger partial charge in [-0.1, -0.05) is 62.8 Å². The van der Waals surface area contributed by atoms with Crippen molar-refractivity contribution in [1.82, 2.24) is 10.6 Å². The van der Waals surface area contributed by atoms with Crippen LogP contribution < -0.4 is 16.4 Å². The minimum atomic E-state index is -0.902. The molecule has 3 atom stereocenters. The van der Waals surface area contributed by atoms with Crippen LogP contribution in [0.1, 0.15) is 136 Å². The van der Waals surface area contributed by atoms with Crippen molar-refractivity contribution in [3.8, 4) is 0 Å². The highest BCUT2D eigenvalue weighted by molar-refractivity contribution is 5.94. The van der Waals surface area contributed by atoms with Gasteiger partial charge in [0, 0.05) is 0 Å². The van der Waals surface area contributed by atoms with Crippen molar-refractivity contribution in [3.63, 3.8) is 0 Å². The fraction of sp³-hybridized carbons (Fsp3) is 0.788. The molecule has 39 heavy (non-hydrogen) atoms. The van der Waals surface area contributed by atoms with E-state index in [1.165, 1.54) is 0 Å². The van der Waals surface area contributed by atoms with Crippen LogP contribution in [0.25, 0.3) is 0 Å². The number of carbonyl (C=O) groups excluding carboxylic acids is 3. The second-order valence-corrected chi connectivity index (χ2v) is 12.6. The first-order chi connectivity index (χ1) is 18.6. The summed E-state index contributed by atoms with van der Waals surface area (Å²) < 4.78 is 0. The molecule has 0 saturated carbocycles. The lowest BCUT2D eigenvalue weighted by Gasteiger charge is -2.37. The van der Waals surface area contributed by atoms with E-state index in [1.54, 1.807) is 6.92 Å². The third kappa shape index (κ3) is 11.8. The first-order valence-corrected chi connectivity index (χ1v) is 15.8. The summed E-state index contributed by atoms with van der Waals surface area (Å²) >= 11 is 0. The van der Waals surface area contributed by atoms with Gasteiger partial charge in [-0.2, -0.15) is 0 Å².